The van der Waals surface area contributed by atoms with E-state index in [0.717, 1.165) is 28.2 Å². The van der Waals surface area contributed by atoms with Crippen molar-refractivity contribution >= 4 is 62.5 Å². The van der Waals surface area contributed by atoms with Gasteiger partial charge in [0.15, 0.2) is 10.7 Å². The highest BCUT2D eigenvalue weighted by atomic mass is 35.5. The highest BCUT2D eigenvalue weighted by Gasteiger charge is 2.38. The quantitative estimate of drug-likeness (QED) is 0.258. The van der Waals surface area contributed by atoms with Crippen molar-refractivity contribution < 1.29 is 36.2 Å². The maximum atomic E-state index is 15.9. The van der Waals surface area contributed by atoms with Crippen molar-refractivity contribution in [1.29, 1.82) is 0 Å². The fraction of sp³-hybridized carbons (Fsp3) is 0.444. The number of carbonyl (C=O) groups excluding carboxylic acids is 1. The van der Waals surface area contributed by atoms with E-state index in [1.54, 1.807) is 46.0 Å². The highest BCUT2D eigenvalue weighted by Crippen LogP contribution is 2.39. The molecule has 1 fully saturated rings. The second-order valence-corrected chi connectivity index (χ2v) is 13.7. The van der Waals surface area contributed by atoms with Gasteiger partial charge in [0.25, 0.3) is 10.0 Å². The number of halogens is 4. The van der Waals surface area contributed by atoms with E-state index in [-0.39, 0.29) is 48.1 Å². The fourth-order valence-electron chi connectivity index (χ4n) is 4.59. The van der Waals surface area contributed by atoms with Gasteiger partial charge in [0.1, 0.15) is 34.3 Å². The lowest BCUT2D eigenvalue weighted by Crippen LogP contribution is -2.39. The van der Waals surface area contributed by atoms with Crippen LogP contribution in [0.5, 0.6) is 11.5 Å². The van der Waals surface area contributed by atoms with Crippen molar-refractivity contribution in [2.24, 2.45) is 0 Å². The number of hydrogen-bond donors (Lipinski definition) is 0. The van der Waals surface area contributed by atoms with Gasteiger partial charge in [-0.15, -0.1) is 12.4 Å². The smallest absolute Gasteiger partial charge is 0.410 e. The zero-order chi connectivity index (χ0) is 31.7. The van der Waals surface area contributed by atoms with Crippen LogP contribution in [0.2, 0.25) is 5.02 Å². The van der Waals surface area contributed by atoms with Crippen LogP contribution in [0.4, 0.5) is 24.4 Å². The summed E-state index contributed by atoms with van der Waals surface area (Å²) in [5.41, 5.74) is -0.369. The minimum Gasteiger partial charge on any atom is -0.497 e. The second-order valence-electron chi connectivity index (χ2n) is 10.7. The first-order valence-corrected chi connectivity index (χ1v) is 15.7. The monoisotopic (exact) mass is 695 g/mol. The van der Waals surface area contributed by atoms with Crippen LogP contribution in [-0.2, 0) is 21.3 Å². The Labute approximate surface area is 270 Å². The van der Waals surface area contributed by atoms with Crippen molar-refractivity contribution in [2.75, 3.05) is 43.6 Å². The van der Waals surface area contributed by atoms with E-state index < -0.39 is 43.3 Å². The first-order valence-electron chi connectivity index (χ1n) is 13.1. The molecule has 0 aliphatic carbocycles. The molecular formula is C27H33Cl2F2N5O6S2. The molecule has 2 aromatic carbocycles. The zero-order valence-corrected chi connectivity index (χ0v) is 28.0. The molecule has 0 radical (unpaired) electrons. The normalized spacial score (nSPS) is 15.0. The van der Waals surface area contributed by atoms with E-state index in [4.69, 9.17) is 25.8 Å². The molecule has 0 spiro atoms. The number of aromatic nitrogens is 2. The summed E-state index contributed by atoms with van der Waals surface area (Å²) < 4.78 is 80.0. The number of amides is 1. The van der Waals surface area contributed by atoms with Crippen LogP contribution in [0, 0.1) is 11.6 Å². The van der Waals surface area contributed by atoms with E-state index in [9.17, 15) is 13.2 Å². The Morgan fingerprint density at radius 3 is 2.50 bits per heavy atom. The average molecular weight is 697 g/mol. The predicted molar refractivity (Wildman–Crippen MR) is 166 cm³/mol. The third kappa shape index (κ3) is 7.38. The largest absolute Gasteiger partial charge is 0.497 e. The van der Waals surface area contributed by atoms with Crippen LogP contribution in [0.15, 0.2) is 35.5 Å². The first-order chi connectivity index (χ1) is 20.2. The molecule has 242 valence electrons. The number of nitrogens with zero attached hydrogens (tertiary/aromatic N) is 5. The van der Waals surface area contributed by atoms with Crippen LogP contribution in [0.1, 0.15) is 32.8 Å². The number of likely N-dealkylation sites (N-methyl/N-ethyl adjacent to an activating group) is 1. The van der Waals surface area contributed by atoms with Gasteiger partial charge < -0.3 is 24.0 Å². The van der Waals surface area contributed by atoms with Crippen molar-refractivity contribution in [3.8, 4) is 11.5 Å². The molecule has 3 aromatic rings. The fourth-order valence-corrected chi connectivity index (χ4v) is 7.17. The molecule has 0 N–H and O–H groups in total. The van der Waals surface area contributed by atoms with Crippen molar-refractivity contribution in [3.63, 3.8) is 0 Å². The van der Waals surface area contributed by atoms with Gasteiger partial charge in [0, 0.05) is 55.4 Å². The van der Waals surface area contributed by atoms with E-state index in [1.165, 1.54) is 24.0 Å². The summed E-state index contributed by atoms with van der Waals surface area (Å²) in [6.45, 7) is 5.47. The zero-order valence-electron chi connectivity index (χ0n) is 24.8. The summed E-state index contributed by atoms with van der Waals surface area (Å²) in [5, 5.41) is -0.709. The van der Waals surface area contributed by atoms with Crippen molar-refractivity contribution in [3.05, 3.63) is 52.8 Å². The third-order valence-electron chi connectivity index (χ3n) is 6.76. The molecule has 1 aliphatic heterocycles. The SMILES string of the molecule is COc1ccc(CN(c2ncns2)S(=O)(=O)c2c(F)cc(N(C)[C@H]3CCN(C(=O)OC(C)(C)C)C3)c(Cl)c2F)c(OC)c1.Cl. The van der Waals surface area contributed by atoms with E-state index in [0.29, 0.717) is 24.3 Å². The molecule has 4 rings (SSSR count). The van der Waals surface area contributed by atoms with Gasteiger partial charge in [-0.25, -0.2) is 31.3 Å². The van der Waals surface area contributed by atoms with Gasteiger partial charge in [-0.2, -0.15) is 4.37 Å². The number of carbonyl (C=O) groups is 1. The molecule has 1 aromatic heterocycles. The van der Waals surface area contributed by atoms with Gasteiger partial charge >= 0.3 is 6.09 Å². The molecule has 1 atom stereocenters. The van der Waals surface area contributed by atoms with Crippen LogP contribution >= 0.6 is 35.5 Å². The molecule has 2 heterocycles. The number of hydrogen-bond acceptors (Lipinski definition) is 10. The van der Waals surface area contributed by atoms with Gasteiger partial charge in [-0.05, 0) is 39.3 Å². The molecule has 0 unspecified atom stereocenters. The lowest BCUT2D eigenvalue weighted by molar-refractivity contribution is 0.0292. The summed E-state index contributed by atoms with van der Waals surface area (Å²) in [5.74, 6) is -2.05. The second kappa shape index (κ2) is 13.9. The highest BCUT2D eigenvalue weighted by molar-refractivity contribution is 7.93. The van der Waals surface area contributed by atoms with Crippen LogP contribution in [0.25, 0.3) is 0 Å². The molecule has 11 nitrogen and oxygen atoms in total. The Hall–Kier alpha value is -3.14. The number of anilines is 2. The molecular weight excluding hydrogens is 663 g/mol. The summed E-state index contributed by atoms with van der Waals surface area (Å²) in [7, 11) is -0.482. The number of sulfonamides is 1. The van der Waals surface area contributed by atoms with Gasteiger partial charge in [0.2, 0.25) is 5.13 Å². The summed E-state index contributed by atoms with van der Waals surface area (Å²) in [4.78, 5) is 18.3. The standard InChI is InChI=1S/C27H32ClF2N5O6S2.ClH/c1-27(2,3)41-26(36)34-10-9-17(14-34)33(4)20-12-19(29)24(23(30)22(20)28)43(37,38)35(25-31-15-32-42-25)13-16-7-8-18(39-5)11-21(16)40-6;/h7-8,11-12,15,17H,9-10,13-14H2,1-6H3;1H/t17-;/m0./s1. The van der Waals surface area contributed by atoms with Crippen molar-refractivity contribution in [2.45, 2.75) is 50.3 Å². The molecule has 0 saturated carbocycles. The van der Waals surface area contributed by atoms with E-state index >= 15 is 8.78 Å². The average Bonchev–Trinajstić information content (AvgIpc) is 3.65. The van der Waals surface area contributed by atoms with E-state index in [2.05, 4.69) is 9.36 Å². The minimum atomic E-state index is -4.91. The molecule has 1 aliphatic rings. The lowest BCUT2D eigenvalue weighted by atomic mass is 10.2. The maximum absolute atomic E-state index is 15.9. The number of benzene rings is 2. The number of likely N-dealkylation sites (tertiary alicyclic amines) is 1. The Bertz CT molecular complexity index is 1590. The number of methoxy groups -OCH3 is 2. The van der Waals surface area contributed by atoms with Gasteiger partial charge in [-0.3, -0.25) is 0 Å². The summed E-state index contributed by atoms with van der Waals surface area (Å²) >= 11 is 7.11. The molecule has 1 amide bonds. The van der Waals surface area contributed by atoms with Crippen LogP contribution < -0.4 is 18.7 Å². The van der Waals surface area contributed by atoms with Crippen LogP contribution in [-0.4, -0.2) is 74.8 Å². The summed E-state index contributed by atoms with van der Waals surface area (Å²) in [6, 6.07) is 5.24. The van der Waals surface area contributed by atoms with Crippen molar-refractivity contribution in [1.82, 2.24) is 14.3 Å². The molecule has 0 bridgehead atoms. The van der Waals surface area contributed by atoms with Gasteiger partial charge in [0.05, 0.1) is 26.5 Å². The Morgan fingerprint density at radius 2 is 1.91 bits per heavy atom. The maximum Gasteiger partial charge on any atom is 0.410 e. The Kier molecular flexibility index (Phi) is 11.1. The van der Waals surface area contributed by atoms with Crippen LogP contribution in [0.3, 0.4) is 0 Å². The molecule has 17 heteroatoms. The predicted octanol–water partition coefficient (Wildman–Crippen LogP) is 5.75. The lowest BCUT2D eigenvalue weighted by Gasteiger charge is -2.29. The molecule has 1 saturated heterocycles. The Balaban J connectivity index is 0.00000529. The first kappa shape index (κ1) is 35.3. The minimum absolute atomic E-state index is 0. The van der Waals surface area contributed by atoms with Gasteiger partial charge in [-0.1, -0.05) is 11.6 Å². The number of rotatable bonds is 9. The Morgan fingerprint density at radius 1 is 1.20 bits per heavy atom. The number of ether oxygens (including phenoxy) is 3. The third-order valence-corrected chi connectivity index (χ3v) is 9.70. The summed E-state index contributed by atoms with van der Waals surface area (Å²) in [6.07, 6.45) is 1.11. The van der Waals surface area contributed by atoms with E-state index in [1.807, 2.05) is 0 Å². The topological polar surface area (TPSA) is 114 Å². The molecule has 44 heavy (non-hydrogen) atoms.